The monoisotopic (exact) mass is 353 g/mol. The highest BCUT2D eigenvalue weighted by molar-refractivity contribution is 7.90. The lowest BCUT2D eigenvalue weighted by Gasteiger charge is -2.11. The molecule has 0 fully saturated rings. The first kappa shape index (κ1) is 16.9. The average Bonchev–Trinajstić information content (AvgIpc) is 2.59. The Morgan fingerprint density at radius 3 is 2.20 bits per heavy atom. The van der Waals surface area contributed by atoms with Crippen molar-refractivity contribution in [3.63, 3.8) is 0 Å². The van der Waals surface area contributed by atoms with Crippen LogP contribution in [0, 0.1) is 0 Å². The molecule has 5 nitrogen and oxygen atoms in total. The molecule has 0 saturated carbocycles. The van der Waals surface area contributed by atoms with Crippen molar-refractivity contribution in [2.24, 2.45) is 5.73 Å². The standard InChI is InChI=1S/C19H15NO4S/c1-25(23,24)14-8-10-15-13(11-14)7-9-16(19(20)22)17(15)18(21)12-5-3-2-4-6-12/h2-11H,1H3,(H2,20,22). The molecule has 0 bridgehead atoms. The van der Waals surface area contributed by atoms with E-state index in [0.29, 0.717) is 16.3 Å². The maximum absolute atomic E-state index is 12.9. The highest BCUT2D eigenvalue weighted by atomic mass is 32.2. The lowest BCUT2D eigenvalue weighted by molar-refractivity contribution is 0.0982. The van der Waals surface area contributed by atoms with E-state index in [1.165, 1.54) is 24.3 Å². The minimum Gasteiger partial charge on any atom is -0.366 e. The van der Waals surface area contributed by atoms with Gasteiger partial charge in [0.1, 0.15) is 0 Å². The van der Waals surface area contributed by atoms with E-state index >= 15 is 0 Å². The van der Waals surface area contributed by atoms with Crippen LogP contribution in [-0.4, -0.2) is 26.4 Å². The third-order valence-electron chi connectivity index (χ3n) is 3.95. The van der Waals surface area contributed by atoms with E-state index in [9.17, 15) is 18.0 Å². The summed E-state index contributed by atoms with van der Waals surface area (Å²) in [5, 5.41) is 1.03. The predicted molar refractivity (Wildman–Crippen MR) is 95.5 cm³/mol. The summed E-state index contributed by atoms with van der Waals surface area (Å²) in [6.45, 7) is 0. The maximum atomic E-state index is 12.9. The molecule has 0 spiro atoms. The maximum Gasteiger partial charge on any atom is 0.249 e. The molecule has 2 N–H and O–H groups in total. The molecule has 0 aromatic heterocycles. The molecule has 3 aromatic rings. The molecule has 3 rings (SSSR count). The number of amides is 1. The zero-order chi connectivity index (χ0) is 18.2. The fourth-order valence-corrected chi connectivity index (χ4v) is 3.38. The highest BCUT2D eigenvalue weighted by Crippen LogP contribution is 2.27. The number of nitrogens with two attached hydrogens (primary N) is 1. The van der Waals surface area contributed by atoms with Crippen LogP contribution in [0.4, 0.5) is 0 Å². The van der Waals surface area contributed by atoms with Gasteiger partial charge in [0.2, 0.25) is 5.91 Å². The molecule has 6 heteroatoms. The normalized spacial score (nSPS) is 11.4. The highest BCUT2D eigenvalue weighted by Gasteiger charge is 2.21. The van der Waals surface area contributed by atoms with Gasteiger partial charge in [0.25, 0.3) is 0 Å². The smallest absolute Gasteiger partial charge is 0.249 e. The molecular weight excluding hydrogens is 338 g/mol. The number of primary amides is 1. The Morgan fingerprint density at radius 2 is 1.60 bits per heavy atom. The van der Waals surface area contributed by atoms with Gasteiger partial charge in [-0.3, -0.25) is 9.59 Å². The van der Waals surface area contributed by atoms with Crippen LogP contribution >= 0.6 is 0 Å². The second-order valence-electron chi connectivity index (χ2n) is 5.70. The predicted octanol–water partition coefficient (Wildman–Crippen LogP) is 2.57. The van der Waals surface area contributed by atoms with Crippen molar-refractivity contribution in [1.82, 2.24) is 0 Å². The van der Waals surface area contributed by atoms with E-state index in [1.807, 2.05) is 0 Å². The summed E-state index contributed by atoms with van der Waals surface area (Å²) >= 11 is 0. The number of carbonyl (C=O) groups is 2. The first-order chi connectivity index (χ1) is 11.8. The van der Waals surface area contributed by atoms with Crippen molar-refractivity contribution >= 4 is 32.3 Å². The average molecular weight is 353 g/mol. The summed E-state index contributed by atoms with van der Waals surface area (Å²) in [5.41, 5.74) is 6.14. The number of ketones is 1. The molecule has 0 heterocycles. The number of hydrogen-bond donors (Lipinski definition) is 1. The van der Waals surface area contributed by atoms with Crippen LogP contribution in [0.2, 0.25) is 0 Å². The molecule has 126 valence electrons. The third-order valence-corrected chi connectivity index (χ3v) is 5.06. The Kier molecular flexibility index (Phi) is 4.14. The molecule has 3 aromatic carbocycles. The van der Waals surface area contributed by atoms with Crippen molar-refractivity contribution in [2.75, 3.05) is 6.26 Å². The summed E-state index contributed by atoms with van der Waals surface area (Å²) in [6.07, 6.45) is 1.11. The Labute approximate surface area is 145 Å². The summed E-state index contributed by atoms with van der Waals surface area (Å²) in [6, 6.07) is 16.0. The number of carbonyl (C=O) groups excluding carboxylic acids is 2. The second-order valence-corrected chi connectivity index (χ2v) is 7.72. The number of sulfone groups is 1. The van der Waals surface area contributed by atoms with Crippen molar-refractivity contribution in [3.8, 4) is 0 Å². The van der Waals surface area contributed by atoms with Gasteiger partial charge in [-0.25, -0.2) is 8.42 Å². The minimum absolute atomic E-state index is 0.105. The lowest BCUT2D eigenvalue weighted by Crippen LogP contribution is -2.17. The van der Waals surface area contributed by atoms with Crippen LogP contribution in [0.3, 0.4) is 0 Å². The van der Waals surface area contributed by atoms with Gasteiger partial charge in [-0.15, -0.1) is 0 Å². The van der Waals surface area contributed by atoms with E-state index in [4.69, 9.17) is 5.73 Å². The molecule has 0 unspecified atom stereocenters. The zero-order valence-corrected chi connectivity index (χ0v) is 14.2. The van der Waals surface area contributed by atoms with Crippen LogP contribution < -0.4 is 5.73 Å². The Balaban J connectivity index is 2.32. The van der Waals surface area contributed by atoms with Crippen LogP contribution in [0.15, 0.2) is 65.6 Å². The fourth-order valence-electron chi connectivity index (χ4n) is 2.72. The van der Waals surface area contributed by atoms with Gasteiger partial charge < -0.3 is 5.73 Å². The summed E-state index contributed by atoms with van der Waals surface area (Å²) in [7, 11) is -3.38. The van der Waals surface area contributed by atoms with E-state index in [-0.39, 0.29) is 21.8 Å². The van der Waals surface area contributed by atoms with E-state index in [0.717, 1.165) is 6.26 Å². The molecular formula is C19H15NO4S. The number of hydrogen-bond acceptors (Lipinski definition) is 4. The molecule has 0 aliphatic heterocycles. The topological polar surface area (TPSA) is 94.3 Å². The molecule has 0 saturated heterocycles. The van der Waals surface area contributed by atoms with Crippen molar-refractivity contribution < 1.29 is 18.0 Å². The quantitative estimate of drug-likeness (QED) is 0.729. The Bertz CT molecular complexity index is 1100. The lowest BCUT2D eigenvalue weighted by atomic mass is 9.92. The largest absolute Gasteiger partial charge is 0.366 e. The van der Waals surface area contributed by atoms with Gasteiger partial charge in [-0.05, 0) is 29.0 Å². The molecule has 25 heavy (non-hydrogen) atoms. The molecule has 0 aliphatic rings. The molecule has 0 aliphatic carbocycles. The van der Waals surface area contributed by atoms with Crippen LogP contribution in [0.5, 0.6) is 0 Å². The number of fused-ring (bicyclic) bond motifs is 1. The summed E-state index contributed by atoms with van der Waals surface area (Å²) < 4.78 is 23.5. The van der Waals surface area contributed by atoms with E-state index in [2.05, 4.69) is 0 Å². The van der Waals surface area contributed by atoms with Crippen molar-refractivity contribution in [2.45, 2.75) is 4.90 Å². The Hall–Kier alpha value is -2.99. The van der Waals surface area contributed by atoms with Gasteiger partial charge in [-0.1, -0.05) is 42.5 Å². The number of rotatable bonds is 4. The fraction of sp³-hybridized carbons (Fsp3) is 0.0526. The van der Waals surface area contributed by atoms with Gasteiger partial charge in [0.15, 0.2) is 15.6 Å². The zero-order valence-electron chi connectivity index (χ0n) is 13.4. The molecule has 0 atom stereocenters. The molecule has 0 radical (unpaired) electrons. The van der Waals surface area contributed by atoms with Crippen LogP contribution in [0.1, 0.15) is 26.3 Å². The van der Waals surface area contributed by atoms with Crippen LogP contribution in [-0.2, 0) is 9.84 Å². The second kappa shape index (κ2) is 6.14. The van der Waals surface area contributed by atoms with E-state index < -0.39 is 15.7 Å². The van der Waals surface area contributed by atoms with Crippen LogP contribution in [0.25, 0.3) is 10.8 Å². The van der Waals surface area contributed by atoms with Gasteiger partial charge in [0.05, 0.1) is 10.5 Å². The third kappa shape index (κ3) is 3.16. The first-order valence-electron chi connectivity index (χ1n) is 7.45. The minimum atomic E-state index is -3.38. The van der Waals surface area contributed by atoms with Crippen molar-refractivity contribution in [3.05, 3.63) is 77.4 Å². The van der Waals surface area contributed by atoms with Crippen molar-refractivity contribution in [1.29, 1.82) is 0 Å². The van der Waals surface area contributed by atoms with Gasteiger partial charge in [0, 0.05) is 17.4 Å². The van der Waals surface area contributed by atoms with Gasteiger partial charge >= 0.3 is 0 Å². The number of benzene rings is 3. The summed E-state index contributed by atoms with van der Waals surface area (Å²) in [4.78, 5) is 24.9. The SMILES string of the molecule is CS(=O)(=O)c1ccc2c(C(=O)c3ccccc3)c(C(N)=O)ccc2c1. The first-order valence-corrected chi connectivity index (χ1v) is 9.34. The summed E-state index contributed by atoms with van der Waals surface area (Å²) in [5.74, 6) is -1.06. The van der Waals surface area contributed by atoms with Gasteiger partial charge in [-0.2, -0.15) is 0 Å². The molecule has 1 amide bonds. The Morgan fingerprint density at radius 1 is 0.920 bits per heavy atom. The van der Waals surface area contributed by atoms with E-state index in [1.54, 1.807) is 36.4 Å².